The van der Waals surface area contributed by atoms with Crippen LogP contribution in [0.4, 0.5) is 0 Å². The molecule has 2 aromatic heterocycles. The van der Waals surface area contributed by atoms with E-state index < -0.39 is 10.0 Å². The van der Waals surface area contributed by atoms with Crippen LogP contribution in [0.3, 0.4) is 0 Å². The van der Waals surface area contributed by atoms with Crippen LogP contribution in [0, 0.1) is 19.8 Å². The predicted octanol–water partition coefficient (Wildman–Crippen LogP) is 0.684. The number of H-pyrrole nitrogens is 1. The number of aromatic nitrogens is 4. The summed E-state index contributed by atoms with van der Waals surface area (Å²) in [5.41, 5.74) is 1.39. The molecule has 1 aliphatic rings. The van der Waals surface area contributed by atoms with Gasteiger partial charge in [-0.05, 0) is 32.6 Å². The van der Waals surface area contributed by atoms with E-state index in [1.54, 1.807) is 17.8 Å². The second-order valence-electron chi connectivity index (χ2n) is 6.18. The van der Waals surface area contributed by atoms with Gasteiger partial charge in [-0.2, -0.15) is 4.31 Å². The van der Waals surface area contributed by atoms with Gasteiger partial charge in [0.1, 0.15) is 0 Å². The highest BCUT2D eigenvalue weighted by Gasteiger charge is 2.30. The number of rotatable bonds is 4. The molecule has 0 saturated carbocycles. The zero-order valence-electron chi connectivity index (χ0n) is 13.8. The van der Waals surface area contributed by atoms with Crippen molar-refractivity contribution in [2.75, 3.05) is 13.1 Å². The zero-order valence-corrected chi connectivity index (χ0v) is 14.6. The molecule has 0 atom stereocenters. The summed E-state index contributed by atoms with van der Waals surface area (Å²) in [6.45, 7) is 5.06. The summed E-state index contributed by atoms with van der Waals surface area (Å²) in [6.07, 6.45) is 5.69. The van der Waals surface area contributed by atoms with Gasteiger partial charge >= 0.3 is 0 Å². The molecule has 0 aliphatic carbocycles. The molecule has 0 aromatic carbocycles. The monoisotopic (exact) mass is 351 g/mol. The maximum absolute atomic E-state index is 12.4. The van der Waals surface area contributed by atoms with Crippen LogP contribution >= 0.6 is 0 Å². The molecule has 9 heteroatoms. The third-order valence-corrected chi connectivity index (χ3v) is 6.46. The van der Waals surface area contributed by atoms with Crippen molar-refractivity contribution < 1.29 is 8.42 Å². The van der Waals surface area contributed by atoms with Crippen molar-refractivity contribution in [2.24, 2.45) is 5.92 Å². The number of nitrogens with one attached hydrogen (secondary N) is 1. The Kier molecular flexibility index (Phi) is 4.55. The van der Waals surface area contributed by atoms with Crippen molar-refractivity contribution in [1.29, 1.82) is 0 Å². The normalized spacial score (nSPS) is 17.2. The highest BCUT2D eigenvalue weighted by Crippen LogP contribution is 2.23. The average molecular weight is 351 g/mol. The Morgan fingerprint density at radius 1 is 1.29 bits per heavy atom. The molecule has 0 radical (unpaired) electrons. The number of nitrogens with zero attached hydrogens (tertiary/aromatic N) is 4. The number of hydrogen-bond donors (Lipinski definition) is 1. The molecule has 0 unspecified atom stereocenters. The van der Waals surface area contributed by atoms with E-state index in [9.17, 15) is 13.2 Å². The summed E-state index contributed by atoms with van der Waals surface area (Å²) in [7, 11) is -3.50. The van der Waals surface area contributed by atoms with Crippen LogP contribution in [0.15, 0.2) is 28.7 Å². The molecule has 1 saturated heterocycles. The van der Waals surface area contributed by atoms with Gasteiger partial charge in [0.15, 0.2) is 5.03 Å². The number of sulfonamides is 1. The molecule has 1 fully saturated rings. The zero-order chi connectivity index (χ0) is 17.3. The average Bonchev–Trinajstić information content (AvgIpc) is 3.11. The maximum Gasteiger partial charge on any atom is 0.260 e. The van der Waals surface area contributed by atoms with Crippen LogP contribution in [0.25, 0.3) is 0 Å². The molecule has 0 spiro atoms. The lowest BCUT2D eigenvalue weighted by Gasteiger charge is -2.31. The highest BCUT2D eigenvalue weighted by molar-refractivity contribution is 7.89. The first kappa shape index (κ1) is 16.8. The van der Waals surface area contributed by atoms with Gasteiger partial charge in [-0.3, -0.25) is 9.36 Å². The Balaban J connectivity index is 1.66. The third-order valence-electron chi connectivity index (χ3n) is 4.63. The SMILES string of the molecule is Cc1ncn(CC2CCN(S(=O)(=O)c3cnc[nH]3)CC2)c(=O)c1C. The second kappa shape index (κ2) is 6.48. The largest absolute Gasteiger partial charge is 0.335 e. The smallest absolute Gasteiger partial charge is 0.260 e. The van der Waals surface area contributed by atoms with Crippen LogP contribution < -0.4 is 5.56 Å². The quantitative estimate of drug-likeness (QED) is 0.873. The molecule has 0 bridgehead atoms. The summed E-state index contributed by atoms with van der Waals surface area (Å²) in [5.74, 6) is 0.264. The van der Waals surface area contributed by atoms with E-state index in [4.69, 9.17) is 0 Å². The standard InChI is InChI=1S/C15H21N5O3S/c1-11-12(2)18-10-19(15(11)21)8-13-3-5-20(6-4-13)24(22,23)14-7-16-9-17-14/h7,9-10,13H,3-6,8H2,1-2H3,(H,16,17). The molecule has 1 aliphatic heterocycles. The maximum atomic E-state index is 12.4. The predicted molar refractivity (Wildman–Crippen MR) is 88.0 cm³/mol. The van der Waals surface area contributed by atoms with Crippen molar-refractivity contribution in [2.45, 2.75) is 38.3 Å². The van der Waals surface area contributed by atoms with Gasteiger partial charge < -0.3 is 4.98 Å². The fraction of sp³-hybridized carbons (Fsp3) is 0.533. The lowest BCUT2D eigenvalue weighted by Crippen LogP contribution is -2.40. The summed E-state index contributed by atoms with van der Waals surface area (Å²) < 4.78 is 28.0. The molecule has 3 heterocycles. The van der Waals surface area contributed by atoms with Crippen molar-refractivity contribution in [3.8, 4) is 0 Å². The van der Waals surface area contributed by atoms with E-state index in [2.05, 4.69) is 15.0 Å². The van der Waals surface area contributed by atoms with Gasteiger partial charge in [-0.15, -0.1) is 0 Å². The van der Waals surface area contributed by atoms with E-state index in [1.807, 2.05) is 6.92 Å². The van der Waals surface area contributed by atoms with Crippen molar-refractivity contribution in [1.82, 2.24) is 23.8 Å². The van der Waals surface area contributed by atoms with Crippen LogP contribution in [0.1, 0.15) is 24.1 Å². The minimum Gasteiger partial charge on any atom is -0.335 e. The molecule has 3 rings (SSSR count). The summed E-state index contributed by atoms with van der Waals surface area (Å²) in [4.78, 5) is 22.9. The number of aryl methyl sites for hydroxylation is 1. The topological polar surface area (TPSA) is 101 Å². The summed E-state index contributed by atoms with van der Waals surface area (Å²) >= 11 is 0. The van der Waals surface area contributed by atoms with Gasteiger partial charge in [0.25, 0.3) is 15.6 Å². The van der Waals surface area contributed by atoms with E-state index in [-0.39, 0.29) is 16.5 Å². The number of piperidine rings is 1. The van der Waals surface area contributed by atoms with E-state index in [0.29, 0.717) is 38.0 Å². The molecule has 2 aromatic rings. The van der Waals surface area contributed by atoms with Crippen LogP contribution in [-0.2, 0) is 16.6 Å². The molecule has 8 nitrogen and oxygen atoms in total. The Hall–Kier alpha value is -2.00. The van der Waals surface area contributed by atoms with Crippen LogP contribution in [0.5, 0.6) is 0 Å². The van der Waals surface area contributed by atoms with E-state index >= 15 is 0 Å². The summed E-state index contributed by atoms with van der Waals surface area (Å²) in [6, 6.07) is 0. The molecular weight excluding hydrogens is 330 g/mol. The highest BCUT2D eigenvalue weighted by atomic mass is 32.2. The number of imidazole rings is 1. The van der Waals surface area contributed by atoms with Crippen molar-refractivity contribution in [3.63, 3.8) is 0 Å². The minimum atomic E-state index is -3.50. The van der Waals surface area contributed by atoms with Gasteiger partial charge in [0.05, 0.1) is 18.9 Å². The fourth-order valence-corrected chi connectivity index (χ4v) is 4.30. The first-order valence-electron chi connectivity index (χ1n) is 7.90. The van der Waals surface area contributed by atoms with Crippen LogP contribution in [-0.4, -0.2) is 45.3 Å². The van der Waals surface area contributed by atoms with Gasteiger partial charge in [-0.1, -0.05) is 0 Å². The van der Waals surface area contributed by atoms with Gasteiger partial charge in [-0.25, -0.2) is 18.4 Å². The Labute approximate surface area is 140 Å². The van der Waals surface area contributed by atoms with E-state index in [1.165, 1.54) is 16.8 Å². The van der Waals surface area contributed by atoms with Gasteiger partial charge in [0, 0.05) is 30.9 Å². The Morgan fingerprint density at radius 2 is 2.00 bits per heavy atom. The summed E-state index contributed by atoms with van der Waals surface area (Å²) in [5, 5.41) is 0.121. The number of hydrogen-bond acceptors (Lipinski definition) is 5. The van der Waals surface area contributed by atoms with Gasteiger partial charge in [0.2, 0.25) is 0 Å². The lowest BCUT2D eigenvalue weighted by molar-refractivity contribution is 0.250. The third kappa shape index (κ3) is 3.13. The first-order valence-corrected chi connectivity index (χ1v) is 9.35. The molecular formula is C15H21N5O3S. The first-order chi connectivity index (χ1) is 11.4. The van der Waals surface area contributed by atoms with Crippen molar-refractivity contribution in [3.05, 3.63) is 40.5 Å². The van der Waals surface area contributed by atoms with Crippen LogP contribution in [0.2, 0.25) is 0 Å². The van der Waals surface area contributed by atoms with E-state index in [0.717, 1.165) is 5.69 Å². The van der Waals surface area contributed by atoms with Crippen molar-refractivity contribution >= 4 is 10.0 Å². The number of aromatic amines is 1. The minimum absolute atomic E-state index is 0.0185. The Bertz CT molecular complexity index is 865. The fourth-order valence-electron chi connectivity index (χ4n) is 2.94. The molecule has 24 heavy (non-hydrogen) atoms. The molecule has 1 N–H and O–H groups in total. The molecule has 130 valence electrons. The second-order valence-corrected chi connectivity index (χ2v) is 8.08. The lowest BCUT2D eigenvalue weighted by atomic mass is 9.98. The molecule has 0 amide bonds. The Morgan fingerprint density at radius 3 is 2.62 bits per heavy atom.